The molecule has 0 aromatic carbocycles. The highest BCUT2D eigenvalue weighted by atomic mass is 16.5. The number of amides is 1. The minimum Gasteiger partial charge on any atom is -0.481 e. The standard InChI is InChI=1S/C12H17NO4/c1-2-6-17-10(16)13-8-12(9(14)15)7-11(12)4-3-5-11/h2H,1,3-8H2,(H,13,16)(H,14,15). The molecule has 0 aliphatic heterocycles. The van der Waals surface area contributed by atoms with E-state index in [-0.39, 0.29) is 18.6 Å². The predicted molar refractivity (Wildman–Crippen MR) is 60.5 cm³/mol. The molecule has 5 nitrogen and oxygen atoms in total. The van der Waals surface area contributed by atoms with Crippen LogP contribution in [0.2, 0.25) is 0 Å². The first kappa shape index (κ1) is 12.0. The van der Waals surface area contributed by atoms with E-state index in [0.717, 1.165) is 19.3 Å². The van der Waals surface area contributed by atoms with Gasteiger partial charge in [-0.2, -0.15) is 0 Å². The zero-order valence-corrected chi connectivity index (χ0v) is 9.70. The molecule has 2 rings (SSSR count). The van der Waals surface area contributed by atoms with Crippen molar-refractivity contribution in [2.75, 3.05) is 13.2 Å². The second-order valence-electron chi connectivity index (χ2n) is 4.94. The van der Waals surface area contributed by atoms with E-state index in [1.807, 2.05) is 0 Å². The molecule has 2 N–H and O–H groups in total. The van der Waals surface area contributed by atoms with Gasteiger partial charge in [-0.3, -0.25) is 4.79 Å². The van der Waals surface area contributed by atoms with Gasteiger partial charge in [0.05, 0.1) is 5.41 Å². The van der Waals surface area contributed by atoms with E-state index in [0.29, 0.717) is 6.42 Å². The Labute approximate surface area is 99.8 Å². The summed E-state index contributed by atoms with van der Waals surface area (Å²) in [5, 5.41) is 11.8. The van der Waals surface area contributed by atoms with Gasteiger partial charge in [0, 0.05) is 6.54 Å². The molecule has 94 valence electrons. The van der Waals surface area contributed by atoms with E-state index in [2.05, 4.69) is 11.9 Å². The number of carboxylic acid groups (broad SMARTS) is 1. The van der Waals surface area contributed by atoms with Crippen molar-refractivity contribution in [1.29, 1.82) is 0 Å². The number of nitrogens with one attached hydrogen (secondary N) is 1. The summed E-state index contributed by atoms with van der Waals surface area (Å²) < 4.78 is 4.75. The number of hydrogen-bond donors (Lipinski definition) is 2. The van der Waals surface area contributed by atoms with Gasteiger partial charge in [0.15, 0.2) is 0 Å². The molecule has 0 radical (unpaired) electrons. The van der Waals surface area contributed by atoms with Gasteiger partial charge in [-0.15, -0.1) is 0 Å². The highest BCUT2D eigenvalue weighted by Gasteiger charge is 2.73. The molecule has 1 spiro atoms. The Kier molecular flexibility index (Phi) is 2.85. The number of ether oxygens (including phenoxy) is 1. The minimum absolute atomic E-state index is 0.0510. The lowest BCUT2D eigenvalue weighted by molar-refractivity contribution is -0.145. The van der Waals surface area contributed by atoms with Gasteiger partial charge in [-0.1, -0.05) is 19.1 Å². The molecule has 1 unspecified atom stereocenters. The smallest absolute Gasteiger partial charge is 0.407 e. The first-order chi connectivity index (χ1) is 8.06. The SMILES string of the molecule is C=CCOC(=O)NCC1(C(=O)O)CC12CCC2. The molecule has 0 aromatic rings. The third kappa shape index (κ3) is 1.79. The van der Waals surface area contributed by atoms with Crippen molar-refractivity contribution in [1.82, 2.24) is 5.32 Å². The number of aliphatic carboxylic acids is 1. The Morgan fingerprint density at radius 1 is 1.47 bits per heavy atom. The summed E-state index contributed by atoms with van der Waals surface area (Å²) in [4.78, 5) is 22.6. The van der Waals surface area contributed by atoms with Gasteiger partial charge in [0.2, 0.25) is 0 Å². The van der Waals surface area contributed by atoms with Crippen LogP contribution in [0.5, 0.6) is 0 Å². The molecule has 0 bridgehead atoms. The first-order valence-corrected chi connectivity index (χ1v) is 5.81. The fourth-order valence-electron chi connectivity index (χ4n) is 2.83. The van der Waals surface area contributed by atoms with E-state index in [1.54, 1.807) is 0 Å². The summed E-state index contributed by atoms with van der Waals surface area (Å²) in [7, 11) is 0. The molecule has 2 fully saturated rings. The number of carbonyl (C=O) groups is 2. The van der Waals surface area contributed by atoms with Crippen LogP contribution in [0.25, 0.3) is 0 Å². The zero-order chi connectivity index (χ0) is 12.5. The number of carbonyl (C=O) groups excluding carboxylic acids is 1. The molecule has 1 atom stereocenters. The Morgan fingerprint density at radius 3 is 2.59 bits per heavy atom. The van der Waals surface area contributed by atoms with Crippen LogP contribution in [0.3, 0.4) is 0 Å². The van der Waals surface area contributed by atoms with Crippen LogP contribution in [0.4, 0.5) is 4.79 Å². The molecule has 0 saturated heterocycles. The molecule has 5 heteroatoms. The van der Waals surface area contributed by atoms with Crippen LogP contribution >= 0.6 is 0 Å². The molecular weight excluding hydrogens is 222 g/mol. The van der Waals surface area contributed by atoms with Gasteiger partial charge in [0.1, 0.15) is 6.61 Å². The van der Waals surface area contributed by atoms with Crippen LogP contribution in [0.15, 0.2) is 12.7 Å². The number of carboxylic acids is 1. The van der Waals surface area contributed by atoms with Crippen LogP contribution in [0, 0.1) is 10.8 Å². The molecular formula is C12H17NO4. The van der Waals surface area contributed by atoms with E-state index < -0.39 is 17.5 Å². The van der Waals surface area contributed by atoms with E-state index in [1.165, 1.54) is 6.08 Å². The topological polar surface area (TPSA) is 75.6 Å². The Hall–Kier alpha value is -1.52. The molecule has 2 saturated carbocycles. The van der Waals surface area contributed by atoms with Crippen LogP contribution in [-0.2, 0) is 9.53 Å². The summed E-state index contributed by atoms with van der Waals surface area (Å²) in [5.74, 6) is -0.804. The van der Waals surface area contributed by atoms with Crippen molar-refractivity contribution in [2.45, 2.75) is 25.7 Å². The summed E-state index contributed by atoms with van der Waals surface area (Å²) in [6.45, 7) is 3.73. The molecule has 2 aliphatic carbocycles. The summed E-state index contributed by atoms with van der Waals surface area (Å²) in [6.07, 6.45) is 4.59. The van der Waals surface area contributed by atoms with E-state index >= 15 is 0 Å². The zero-order valence-electron chi connectivity index (χ0n) is 9.70. The van der Waals surface area contributed by atoms with Crippen LogP contribution in [-0.4, -0.2) is 30.3 Å². The maximum atomic E-state index is 11.3. The Bertz CT molecular complexity index is 362. The third-order valence-electron chi connectivity index (χ3n) is 4.12. The highest BCUT2D eigenvalue weighted by Crippen LogP contribution is 2.73. The monoisotopic (exact) mass is 239 g/mol. The van der Waals surface area contributed by atoms with E-state index in [4.69, 9.17) is 4.74 Å². The second kappa shape index (κ2) is 4.05. The van der Waals surface area contributed by atoms with Crippen molar-refractivity contribution < 1.29 is 19.4 Å². The lowest BCUT2D eigenvalue weighted by atomic mass is 9.75. The fourth-order valence-corrected chi connectivity index (χ4v) is 2.83. The number of alkyl carbamates (subject to hydrolysis) is 1. The van der Waals surface area contributed by atoms with Gasteiger partial charge in [0.25, 0.3) is 0 Å². The predicted octanol–water partition coefficient (Wildman–Crippen LogP) is 1.54. The molecule has 0 aromatic heterocycles. The van der Waals surface area contributed by atoms with Crippen LogP contribution in [0.1, 0.15) is 25.7 Å². The Balaban J connectivity index is 1.86. The normalized spacial score (nSPS) is 28.0. The molecule has 1 amide bonds. The molecule has 0 heterocycles. The highest BCUT2D eigenvalue weighted by molar-refractivity contribution is 5.81. The average Bonchev–Trinajstić information content (AvgIpc) is 2.94. The maximum Gasteiger partial charge on any atom is 0.407 e. The molecule has 17 heavy (non-hydrogen) atoms. The first-order valence-electron chi connectivity index (χ1n) is 5.81. The van der Waals surface area contributed by atoms with Crippen molar-refractivity contribution in [2.24, 2.45) is 10.8 Å². The number of rotatable bonds is 5. The van der Waals surface area contributed by atoms with Gasteiger partial charge in [-0.05, 0) is 24.7 Å². The third-order valence-corrected chi connectivity index (χ3v) is 4.12. The average molecular weight is 239 g/mol. The fraction of sp³-hybridized carbons (Fsp3) is 0.667. The van der Waals surface area contributed by atoms with E-state index in [9.17, 15) is 14.7 Å². The van der Waals surface area contributed by atoms with Gasteiger partial charge in [-0.25, -0.2) is 4.79 Å². The van der Waals surface area contributed by atoms with Gasteiger partial charge >= 0.3 is 12.1 Å². The van der Waals surface area contributed by atoms with Crippen molar-refractivity contribution in [3.63, 3.8) is 0 Å². The quantitative estimate of drug-likeness (QED) is 0.713. The van der Waals surface area contributed by atoms with Crippen molar-refractivity contribution in [3.05, 3.63) is 12.7 Å². The second-order valence-corrected chi connectivity index (χ2v) is 4.94. The van der Waals surface area contributed by atoms with Crippen LogP contribution < -0.4 is 5.32 Å². The van der Waals surface area contributed by atoms with Gasteiger partial charge < -0.3 is 15.2 Å². The van der Waals surface area contributed by atoms with Crippen molar-refractivity contribution >= 4 is 12.1 Å². The minimum atomic E-state index is -0.804. The number of hydrogen-bond acceptors (Lipinski definition) is 3. The Morgan fingerprint density at radius 2 is 2.18 bits per heavy atom. The molecule has 2 aliphatic rings. The largest absolute Gasteiger partial charge is 0.481 e. The lowest BCUT2D eigenvalue weighted by Gasteiger charge is -2.30. The summed E-state index contributed by atoms with van der Waals surface area (Å²) >= 11 is 0. The summed E-state index contributed by atoms with van der Waals surface area (Å²) in [6, 6.07) is 0. The summed E-state index contributed by atoms with van der Waals surface area (Å²) in [5.41, 5.74) is -0.803. The van der Waals surface area contributed by atoms with Crippen molar-refractivity contribution in [3.8, 4) is 0 Å². The maximum absolute atomic E-state index is 11.3. The lowest BCUT2D eigenvalue weighted by Crippen LogP contribution is -2.39.